The van der Waals surface area contributed by atoms with E-state index in [2.05, 4.69) is 17.0 Å². The Balaban J connectivity index is 1.22. The Morgan fingerprint density at radius 2 is 1.62 bits per heavy atom. The van der Waals surface area contributed by atoms with Crippen LogP contribution in [0, 0.1) is 0 Å². The zero-order chi connectivity index (χ0) is 25.2. The molecule has 1 aliphatic heterocycles. The van der Waals surface area contributed by atoms with Gasteiger partial charge in [0.2, 0.25) is 5.91 Å². The van der Waals surface area contributed by atoms with Gasteiger partial charge in [0, 0.05) is 36.7 Å². The molecule has 37 heavy (non-hydrogen) atoms. The molecule has 0 bridgehead atoms. The molecule has 0 unspecified atom stereocenters. The number of carbonyl (C=O) groups is 1. The minimum absolute atomic E-state index is 0.0275. The van der Waals surface area contributed by atoms with Gasteiger partial charge >= 0.3 is 0 Å². The second-order valence-electron chi connectivity index (χ2n) is 9.65. The van der Waals surface area contributed by atoms with Crippen molar-refractivity contribution in [1.82, 2.24) is 14.5 Å². The first-order valence-electron chi connectivity index (χ1n) is 13.0. The molecule has 1 aliphatic carbocycles. The Hall–Kier alpha value is -3.10. The molecule has 8 heteroatoms. The number of nitrogens with zero attached hydrogens (tertiary/aromatic N) is 4. The normalized spacial score (nSPS) is 15.7. The zero-order valence-corrected chi connectivity index (χ0v) is 22.4. The van der Waals surface area contributed by atoms with Gasteiger partial charge in [-0.3, -0.25) is 14.2 Å². The number of thiophene rings is 1. The van der Waals surface area contributed by atoms with Crippen LogP contribution in [-0.4, -0.2) is 52.3 Å². The average Bonchev–Trinajstić information content (AvgIpc) is 3.33. The Morgan fingerprint density at radius 3 is 2.38 bits per heavy atom. The molecule has 2 aliphatic rings. The van der Waals surface area contributed by atoms with Crippen LogP contribution in [0.15, 0.2) is 70.6 Å². The van der Waals surface area contributed by atoms with Gasteiger partial charge in [-0.2, -0.15) is 0 Å². The van der Waals surface area contributed by atoms with Gasteiger partial charge in [-0.1, -0.05) is 60.3 Å². The molecule has 0 radical (unpaired) electrons. The minimum atomic E-state index is 0.0275. The van der Waals surface area contributed by atoms with E-state index < -0.39 is 0 Å². The summed E-state index contributed by atoms with van der Waals surface area (Å²) in [5.74, 6) is 0.382. The molecule has 190 valence electrons. The number of rotatable bonds is 6. The van der Waals surface area contributed by atoms with Crippen molar-refractivity contribution in [2.75, 3.05) is 36.8 Å². The molecule has 3 heterocycles. The van der Waals surface area contributed by atoms with Crippen molar-refractivity contribution in [2.45, 2.75) is 37.4 Å². The first-order valence-corrected chi connectivity index (χ1v) is 14.8. The molecule has 0 spiro atoms. The van der Waals surface area contributed by atoms with Crippen LogP contribution >= 0.6 is 23.1 Å². The molecular weight excluding hydrogens is 500 g/mol. The van der Waals surface area contributed by atoms with Crippen molar-refractivity contribution < 1.29 is 4.79 Å². The standard InChI is InChI=1S/C29H30N4O2S2/c34-25(32-17-15-31(16-18-32)22-11-5-2-6-12-22)20-36-29-30-27-26(23-13-7-8-14-24(23)37-27)28(35)33(29)19-21-9-3-1-4-10-21/h1-6,9-12H,7-8,13-20H2. The predicted octanol–water partition coefficient (Wildman–Crippen LogP) is 4.83. The van der Waals surface area contributed by atoms with E-state index in [4.69, 9.17) is 4.98 Å². The SMILES string of the molecule is O=C(CSc1nc2sc3c(c2c(=O)n1Cc1ccccc1)CCCC3)N1CCN(c2ccccc2)CC1. The Morgan fingerprint density at radius 1 is 0.919 bits per heavy atom. The highest BCUT2D eigenvalue weighted by molar-refractivity contribution is 7.99. The third-order valence-electron chi connectivity index (χ3n) is 7.30. The Bertz CT molecular complexity index is 1460. The van der Waals surface area contributed by atoms with E-state index in [1.54, 1.807) is 15.9 Å². The van der Waals surface area contributed by atoms with Gasteiger partial charge in [0.15, 0.2) is 5.16 Å². The van der Waals surface area contributed by atoms with E-state index in [-0.39, 0.29) is 17.2 Å². The summed E-state index contributed by atoms with van der Waals surface area (Å²) in [6, 6.07) is 20.4. The fraction of sp³-hybridized carbons (Fsp3) is 0.345. The molecule has 4 aromatic rings. The minimum Gasteiger partial charge on any atom is -0.368 e. The lowest BCUT2D eigenvalue weighted by Gasteiger charge is -2.36. The highest BCUT2D eigenvalue weighted by atomic mass is 32.2. The van der Waals surface area contributed by atoms with Gasteiger partial charge in [0.1, 0.15) is 4.83 Å². The van der Waals surface area contributed by atoms with Gasteiger partial charge < -0.3 is 9.80 Å². The number of amides is 1. The summed E-state index contributed by atoms with van der Waals surface area (Å²) >= 11 is 3.06. The summed E-state index contributed by atoms with van der Waals surface area (Å²) < 4.78 is 1.78. The van der Waals surface area contributed by atoms with E-state index in [1.165, 1.54) is 34.3 Å². The maximum absolute atomic E-state index is 13.8. The Kier molecular flexibility index (Phi) is 7.02. The number of aromatic nitrogens is 2. The number of aryl methyl sites for hydroxylation is 2. The van der Waals surface area contributed by atoms with E-state index in [1.807, 2.05) is 53.4 Å². The second kappa shape index (κ2) is 10.7. The number of hydrogen-bond donors (Lipinski definition) is 0. The van der Waals surface area contributed by atoms with E-state index >= 15 is 0 Å². The van der Waals surface area contributed by atoms with Crippen LogP contribution in [0.25, 0.3) is 10.2 Å². The van der Waals surface area contributed by atoms with Gasteiger partial charge in [-0.25, -0.2) is 4.98 Å². The molecule has 2 aromatic carbocycles. The molecule has 0 saturated carbocycles. The molecule has 1 amide bonds. The molecule has 0 N–H and O–H groups in total. The zero-order valence-electron chi connectivity index (χ0n) is 20.8. The maximum Gasteiger partial charge on any atom is 0.263 e. The van der Waals surface area contributed by atoms with Crippen molar-refractivity contribution in [1.29, 1.82) is 0 Å². The number of benzene rings is 2. The molecule has 1 fully saturated rings. The quantitative estimate of drug-likeness (QED) is 0.264. The number of piperazine rings is 1. The summed E-state index contributed by atoms with van der Waals surface area (Å²) in [5, 5.41) is 1.43. The van der Waals surface area contributed by atoms with Crippen LogP contribution in [0.2, 0.25) is 0 Å². The summed E-state index contributed by atoms with van der Waals surface area (Å²) in [7, 11) is 0. The van der Waals surface area contributed by atoms with Gasteiger partial charge in [0.25, 0.3) is 5.56 Å². The van der Waals surface area contributed by atoms with Crippen molar-refractivity contribution in [3.63, 3.8) is 0 Å². The second-order valence-corrected chi connectivity index (χ2v) is 11.7. The fourth-order valence-corrected chi connectivity index (χ4v) is 7.51. The molecule has 1 saturated heterocycles. The lowest BCUT2D eigenvalue weighted by Crippen LogP contribution is -2.49. The van der Waals surface area contributed by atoms with Crippen molar-refractivity contribution in [2.24, 2.45) is 0 Å². The highest BCUT2D eigenvalue weighted by Crippen LogP contribution is 2.35. The average molecular weight is 531 g/mol. The van der Waals surface area contributed by atoms with Crippen molar-refractivity contribution in [3.8, 4) is 0 Å². The van der Waals surface area contributed by atoms with Crippen molar-refractivity contribution >= 4 is 44.9 Å². The lowest BCUT2D eigenvalue weighted by atomic mass is 9.97. The van der Waals surface area contributed by atoms with Crippen molar-refractivity contribution in [3.05, 3.63) is 87.0 Å². The molecule has 2 aromatic heterocycles. The number of fused-ring (bicyclic) bond motifs is 3. The van der Waals surface area contributed by atoms with Gasteiger partial charge in [0.05, 0.1) is 17.7 Å². The van der Waals surface area contributed by atoms with Crippen LogP contribution in [0.4, 0.5) is 5.69 Å². The van der Waals surface area contributed by atoms with Crippen LogP contribution in [0.3, 0.4) is 0 Å². The Labute approximate surface area is 224 Å². The number of hydrogen-bond acceptors (Lipinski definition) is 6. The highest BCUT2D eigenvalue weighted by Gasteiger charge is 2.25. The first kappa shape index (κ1) is 24.2. The lowest BCUT2D eigenvalue weighted by molar-refractivity contribution is -0.128. The predicted molar refractivity (Wildman–Crippen MR) is 152 cm³/mol. The van der Waals surface area contributed by atoms with Gasteiger partial charge in [-0.05, 0) is 48.9 Å². The number of carbonyl (C=O) groups excluding carboxylic acids is 1. The van der Waals surface area contributed by atoms with E-state index in [9.17, 15) is 9.59 Å². The molecule has 0 atom stereocenters. The van der Waals surface area contributed by atoms with Gasteiger partial charge in [-0.15, -0.1) is 11.3 Å². The smallest absolute Gasteiger partial charge is 0.263 e. The van der Waals surface area contributed by atoms with E-state index in [0.717, 1.165) is 48.1 Å². The van der Waals surface area contributed by atoms with Crippen LogP contribution in [0.1, 0.15) is 28.8 Å². The topological polar surface area (TPSA) is 58.4 Å². The summed E-state index contributed by atoms with van der Waals surface area (Å²) in [5.41, 5.74) is 3.49. The molecule has 6 nitrogen and oxygen atoms in total. The summed E-state index contributed by atoms with van der Waals surface area (Å²) in [4.78, 5) is 38.4. The van der Waals surface area contributed by atoms with Crippen LogP contribution in [-0.2, 0) is 24.2 Å². The number of thioether (sulfide) groups is 1. The largest absolute Gasteiger partial charge is 0.368 e. The molecular formula is C29H30N4O2S2. The third kappa shape index (κ3) is 5.05. The van der Waals surface area contributed by atoms with Crippen LogP contribution < -0.4 is 10.5 Å². The summed E-state index contributed by atoms with van der Waals surface area (Å²) in [6.07, 6.45) is 4.28. The van der Waals surface area contributed by atoms with Crippen LogP contribution in [0.5, 0.6) is 0 Å². The third-order valence-corrected chi connectivity index (χ3v) is 9.45. The number of anilines is 1. The summed E-state index contributed by atoms with van der Waals surface area (Å²) in [6.45, 7) is 3.51. The van der Waals surface area contributed by atoms with E-state index in [0.29, 0.717) is 24.8 Å². The first-order chi connectivity index (χ1) is 18.2. The number of para-hydroxylation sites is 1. The fourth-order valence-electron chi connectivity index (χ4n) is 5.31. The molecule has 6 rings (SSSR count). The maximum atomic E-state index is 13.8. The monoisotopic (exact) mass is 530 g/mol.